The van der Waals surface area contributed by atoms with Gasteiger partial charge in [-0.25, -0.2) is 0 Å². The Morgan fingerprint density at radius 3 is 2.33 bits per heavy atom. The van der Waals surface area contributed by atoms with Gasteiger partial charge in [0.2, 0.25) is 5.91 Å². The molecule has 0 aliphatic rings. The Kier molecular flexibility index (Phi) is 6.09. The molecular weight excluding hydrogens is 330 g/mol. The number of rotatable bonds is 6. The van der Waals surface area contributed by atoms with Crippen LogP contribution in [0.2, 0.25) is 5.02 Å². The van der Waals surface area contributed by atoms with Gasteiger partial charge in [-0.05, 0) is 35.9 Å². The Hall–Kier alpha value is -2.66. The maximum atomic E-state index is 12.1. The molecule has 0 fully saturated rings. The molecule has 0 aliphatic heterocycles. The molecule has 0 aromatic heterocycles. The van der Waals surface area contributed by atoms with Crippen LogP contribution in [0.4, 0.5) is 5.69 Å². The van der Waals surface area contributed by atoms with Crippen molar-refractivity contribution in [3.63, 3.8) is 0 Å². The summed E-state index contributed by atoms with van der Waals surface area (Å²) in [6.45, 7) is 0. The third-order valence-corrected chi connectivity index (χ3v) is 3.56. The summed E-state index contributed by atoms with van der Waals surface area (Å²) in [5.74, 6) is 1.45. The number of halogens is 1. The number of carbonyl (C=O) groups excluding carboxylic acids is 1. The van der Waals surface area contributed by atoms with Crippen molar-refractivity contribution in [2.24, 2.45) is 0 Å². The highest BCUT2D eigenvalue weighted by atomic mass is 35.5. The lowest BCUT2D eigenvalue weighted by atomic mass is 10.2. The SMILES string of the molecule is COc1ccc(OC)c(NC(=O)/C=C/c2ccc(OC)c(Cl)c2)c1. The van der Waals surface area contributed by atoms with E-state index in [1.165, 1.54) is 13.2 Å². The highest BCUT2D eigenvalue weighted by Crippen LogP contribution is 2.29. The minimum Gasteiger partial charge on any atom is -0.497 e. The molecule has 0 saturated carbocycles. The van der Waals surface area contributed by atoms with Crippen LogP contribution in [0.5, 0.6) is 17.2 Å². The normalized spacial score (nSPS) is 10.5. The van der Waals surface area contributed by atoms with Crippen LogP contribution in [-0.2, 0) is 4.79 Å². The zero-order chi connectivity index (χ0) is 17.5. The molecule has 2 aromatic rings. The topological polar surface area (TPSA) is 56.8 Å². The van der Waals surface area contributed by atoms with E-state index in [-0.39, 0.29) is 5.91 Å². The van der Waals surface area contributed by atoms with E-state index >= 15 is 0 Å². The van der Waals surface area contributed by atoms with Crippen LogP contribution in [0.3, 0.4) is 0 Å². The fraction of sp³-hybridized carbons (Fsp3) is 0.167. The lowest BCUT2D eigenvalue weighted by Gasteiger charge is -2.10. The number of ether oxygens (including phenoxy) is 3. The zero-order valence-electron chi connectivity index (χ0n) is 13.6. The van der Waals surface area contributed by atoms with E-state index in [1.807, 2.05) is 0 Å². The molecule has 24 heavy (non-hydrogen) atoms. The van der Waals surface area contributed by atoms with Crippen LogP contribution in [0.1, 0.15) is 5.56 Å². The van der Waals surface area contributed by atoms with Crippen LogP contribution in [0, 0.1) is 0 Å². The van der Waals surface area contributed by atoms with Gasteiger partial charge >= 0.3 is 0 Å². The van der Waals surface area contributed by atoms with Gasteiger partial charge in [-0.2, -0.15) is 0 Å². The van der Waals surface area contributed by atoms with Crippen LogP contribution in [-0.4, -0.2) is 27.2 Å². The van der Waals surface area contributed by atoms with Crippen molar-refractivity contribution in [3.05, 3.63) is 53.1 Å². The number of hydrogen-bond acceptors (Lipinski definition) is 4. The van der Waals surface area contributed by atoms with Crippen LogP contribution in [0.15, 0.2) is 42.5 Å². The van der Waals surface area contributed by atoms with E-state index in [0.717, 1.165) is 5.56 Å². The van der Waals surface area contributed by atoms with Crippen molar-refractivity contribution in [1.82, 2.24) is 0 Å². The van der Waals surface area contributed by atoms with Gasteiger partial charge in [-0.15, -0.1) is 0 Å². The van der Waals surface area contributed by atoms with Gasteiger partial charge in [0.05, 0.1) is 32.0 Å². The number of hydrogen-bond donors (Lipinski definition) is 1. The van der Waals surface area contributed by atoms with Gasteiger partial charge in [0.1, 0.15) is 17.2 Å². The van der Waals surface area contributed by atoms with E-state index in [0.29, 0.717) is 28.0 Å². The molecular formula is C18H18ClNO4. The summed E-state index contributed by atoms with van der Waals surface area (Å²) in [7, 11) is 4.64. The summed E-state index contributed by atoms with van der Waals surface area (Å²) < 4.78 is 15.5. The highest BCUT2D eigenvalue weighted by Gasteiger charge is 2.07. The van der Waals surface area contributed by atoms with Gasteiger partial charge in [-0.3, -0.25) is 4.79 Å². The number of methoxy groups -OCH3 is 3. The Balaban J connectivity index is 2.11. The molecule has 0 saturated heterocycles. The number of amides is 1. The first kappa shape index (κ1) is 17.7. The average molecular weight is 348 g/mol. The van der Waals surface area contributed by atoms with Crippen LogP contribution < -0.4 is 19.5 Å². The van der Waals surface area contributed by atoms with Gasteiger partial charge in [-0.1, -0.05) is 17.7 Å². The molecule has 1 N–H and O–H groups in total. The first-order chi connectivity index (χ1) is 11.6. The monoisotopic (exact) mass is 347 g/mol. The molecule has 0 spiro atoms. The number of nitrogens with one attached hydrogen (secondary N) is 1. The second kappa shape index (κ2) is 8.26. The highest BCUT2D eigenvalue weighted by molar-refractivity contribution is 6.32. The minimum atomic E-state index is -0.298. The summed E-state index contributed by atoms with van der Waals surface area (Å²) in [4.78, 5) is 12.1. The van der Waals surface area contributed by atoms with Crippen molar-refractivity contribution in [1.29, 1.82) is 0 Å². The van der Waals surface area contributed by atoms with Crippen LogP contribution in [0.25, 0.3) is 6.08 Å². The van der Waals surface area contributed by atoms with E-state index < -0.39 is 0 Å². The van der Waals surface area contributed by atoms with Crippen molar-refractivity contribution in [2.75, 3.05) is 26.6 Å². The third kappa shape index (κ3) is 4.43. The number of benzene rings is 2. The first-order valence-electron chi connectivity index (χ1n) is 7.12. The molecule has 1 amide bonds. The molecule has 0 radical (unpaired) electrons. The molecule has 2 aromatic carbocycles. The van der Waals surface area contributed by atoms with E-state index in [4.69, 9.17) is 25.8 Å². The standard InChI is InChI=1S/C18H18ClNO4/c1-22-13-6-8-17(24-3)15(11-13)20-18(21)9-5-12-4-7-16(23-2)14(19)10-12/h4-11H,1-3H3,(H,20,21)/b9-5+. The second-order valence-corrected chi connectivity index (χ2v) is 5.19. The predicted molar refractivity (Wildman–Crippen MR) is 95.2 cm³/mol. The lowest BCUT2D eigenvalue weighted by molar-refractivity contribution is -0.111. The molecule has 0 atom stereocenters. The molecule has 5 nitrogen and oxygen atoms in total. The summed E-state index contributed by atoms with van der Waals surface area (Å²) in [5, 5.41) is 3.24. The minimum absolute atomic E-state index is 0.298. The predicted octanol–water partition coefficient (Wildman–Crippen LogP) is 4.02. The van der Waals surface area contributed by atoms with Gasteiger partial charge < -0.3 is 19.5 Å². The maximum Gasteiger partial charge on any atom is 0.248 e. The van der Waals surface area contributed by atoms with E-state index in [1.54, 1.807) is 56.7 Å². The molecule has 6 heteroatoms. The Morgan fingerprint density at radius 1 is 1.00 bits per heavy atom. The summed E-state index contributed by atoms with van der Waals surface area (Å²) in [5.41, 5.74) is 1.31. The molecule has 126 valence electrons. The zero-order valence-corrected chi connectivity index (χ0v) is 14.4. The lowest BCUT2D eigenvalue weighted by Crippen LogP contribution is -2.09. The van der Waals surface area contributed by atoms with Gasteiger partial charge in [0, 0.05) is 12.1 Å². The largest absolute Gasteiger partial charge is 0.497 e. The van der Waals surface area contributed by atoms with E-state index in [2.05, 4.69) is 5.32 Å². The average Bonchev–Trinajstić information content (AvgIpc) is 2.60. The number of anilines is 1. The Labute approximate surface area is 145 Å². The molecule has 0 unspecified atom stereocenters. The van der Waals surface area contributed by atoms with Crippen molar-refractivity contribution < 1.29 is 19.0 Å². The Morgan fingerprint density at radius 2 is 1.71 bits per heavy atom. The summed E-state index contributed by atoms with van der Waals surface area (Å²) in [6.07, 6.45) is 3.07. The van der Waals surface area contributed by atoms with Crippen molar-refractivity contribution in [2.45, 2.75) is 0 Å². The third-order valence-electron chi connectivity index (χ3n) is 3.27. The Bertz CT molecular complexity index is 759. The maximum absolute atomic E-state index is 12.1. The van der Waals surface area contributed by atoms with Crippen molar-refractivity contribution in [3.8, 4) is 17.2 Å². The quantitative estimate of drug-likeness (QED) is 0.802. The summed E-state index contributed by atoms with van der Waals surface area (Å²) in [6, 6.07) is 10.4. The fourth-order valence-corrected chi connectivity index (χ4v) is 2.31. The number of carbonyl (C=O) groups is 1. The fourth-order valence-electron chi connectivity index (χ4n) is 2.04. The molecule has 2 rings (SSSR count). The van der Waals surface area contributed by atoms with Gasteiger partial charge in [0.25, 0.3) is 0 Å². The molecule has 0 bridgehead atoms. The molecule has 0 heterocycles. The second-order valence-electron chi connectivity index (χ2n) is 4.78. The molecule has 0 aliphatic carbocycles. The van der Waals surface area contributed by atoms with Crippen LogP contribution >= 0.6 is 11.6 Å². The van der Waals surface area contributed by atoms with Gasteiger partial charge in [0.15, 0.2) is 0 Å². The van der Waals surface area contributed by atoms with Crippen molar-refractivity contribution >= 4 is 29.3 Å². The smallest absolute Gasteiger partial charge is 0.248 e. The first-order valence-corrected chi connectivity index (χ1v) is 7.49. The summed E-state index contributed by atoms with van der Waals surface area (Å²) >= 11 is 6.06. The van der Waals surface area contributed by atoms with E-state index in [9.17, 15) is 4.79 Å².